The molecule has 0 amide bonds. The lowest BCUT2D eigenvalue weighted by Crippen LogP contribution is -2.33. The molecule has 19 heavy (non-hydrogen) atoms. The van der Waals surface area contributed by atoms with E-state index in [9.17, 15) is 0 Å². The van der Waals surface area contributed by atoms with Crippen LogP contribution in [0.25, 0.3) is 0 Å². The Balaban J connectivity index is 1.80. The van der Waals surface area contributed by atoms with Crippen LogP contribution in [0.3, 0.4) is 0 Å². The molecule has 3 heteroatoms. The third kappa shape index (κ3) is 4.83. The summed E-state index contributed by atoms with van der Waals surface area (Å²) in [5.74, 6) is 0.799. The molecule has 2 N–H and O–H groups in total. The predicted molar refractivity (Wildman–Crippen MR) is 86.7 cm³/mol. The number of thiocarbonyl (C=S) groups is 1. The molecule has 1 fully saturated rings. The molecule has 1 aliphatic carbocycles. The fraction of sp³-hybridized carbons (Fsp3) is 0.562. The lowest BCUT2D eigenvalue weighted by Gasteiger charge is -2.22. The molecule has 0 bridgehead atoms. The number of nitrogens with one attached hydrogen (secondary N) is 2. The van der Waals surface area contributed by atoms with Crippen molar-refractivity contribution in [3.8, 4) is 0 Å². The first kappa shape index (κ1) is 14.3. The highest BCUT2D eigenvalue weighted by molar-refractivity contribution is 7.80. The van der Waals surface area contributed by atoms with Gasteiger partial charge in [-0.25, -0.2) is 0 Å². The Bertz CT molecular complexity index is 416. The molecule has 2 rings (SSSR count). The highest BCUT2D eigenvalue weighted by Gasteiger charge is 2.13. The second-order valence-corrected chi connectivity index (χ2v) is 6.12. The predicted octanol–water partition coefficient (Wildman–Crippen LogP) is 4.17. The van der Waals surface area contributed by atoms with Crippen LogP contribution in [0, 0.1) is 19.8 Å². The number of hydrogen-bond acceptors (Lipinski definition) is 1. The van der Waals surface area contributed by atoms with Gasteiger partial charge in [0.25, 0.3) is 0 Å². The third-order valence-corrected chi connectivity index (χ3v) is 4.00. The summed E-state index contributed by atoms with van der Waals surface area (Å²) in [4.78, 5) is 0. The number of rotatable bonds is 3. The van der Waals surface area contributed by atoms with Gasteiger partial charge in [-0.1, -0.05) is 25.3 Å². The van der Waals surface area contributed by atoms with Crippen molar-refractivity contribution in [2.45, 2.75) is 46.0 Å². The number of anilines is 1. The number of aryl methyl sites for hydroxylation is 2. The summed E-state index contributed by atoms with van der Waals surface area (Å²) in [7, 11) is 0. The highest BCUT2D eigenvalue weighted by Crippen LogP contribution is 2.22. The Kier molecular flexibility index (Phi) is 5.20. The molecule has 0 aliphatic heterocycles. The van der Waals surface area contributed by atoms with Crippen LogP contribution in [0.2, 0.25) is 0 Å². The summed E-state index contributed by atoms with van der Waals surface area (Å²) in [5, 5.41) is 7.39. The zero-order chi connectivity index (χ0) is 13.7. The van der Waals surface area contributed by atoms with Crippen molar-refractivity contribution in [3.63, 3.8) is 0 Å². The summed E-state index contributed by atoms with van der Waals surface area (Å²) in [5.41, 5.74) is 3.61. The van der Waals surface area contributed by atoms with Gasteiger partial charge in [-0.3, -0.25) is 0 Å². The maximum Gasteiger partial charge on any atom is 0.170 e. The maximum absolute atomic E-state index is 5.37. The second kappa shape index (κ2) is 6.90. The van der Waals surface area contributed by atoms with Gasteiger partial charge in [-0.15, -0.1) is 0 Å². The first-order valence-corrected chi connectivity index (χ1v) is 7.67. The maximum atomic E-state index is 5.37. The molecule has 104 valence electrons. The van der Waals surface area contributed by atoms with E-state index in [1.807, 2.05) is 0 Å². The van der Waals surface area contributed by atoms with E-state index >= 15 is 0 Å². The molecule has 0 heterocycles. The smallest absolute Gasteiger partial charge is 0.170 e. The fourth-order valence-corrected chi connectivity index (χ4v) is 3.05. The van der Waals surface area contributed by atoms with Gasteiger partial charge in [-0.2, -0.15) is 0 Å². The van der Waals surface area contributed by atoms with E-state index in [0.29, 0.717) is 0 Å². The molecule has 1 aromatic rings. The molecule has 1 aromatic carbocycles. The Morgan fingerprint density at radius 2 is 1.74 bits per heavy atom. The summed E-state index contributed by atoms with van der Waals surface area (Å²) in [6.07, 6.45) is 6.85. The van der Waals surface area contributed by atoms with E-state index in [-0.39, 0.29) is 0 Å². The summed E-state index contributed by atoms with van der Waals surface area (Å²) >= 11 is 5.37. The van der Waals surface area contributed by atoms with Crippen molar-refractivity contribution < 1.29 is 0 Å². The molecule has 1 aliphatic rings. The third-order valence-electron chi connectivity index (χ3n) is 3.76. The van der Waals surface area contributed by atoms with Crippen LogP contribution in [0.1, 0.15) is 43.2 Å². The van der Waals surface area contributed by atoms with E-state index in [4.69, 9.17) is 12.2 Å². The van der Waals surface area contributed by atoms with E-state index < -0.39 is 0 Å². The molecule has 1 saturated carbocycles. The van der Waals surface area contributed by atoms with Crippen LogP contribution < -0.4 is 10.6 Å². The molecule has 0 saturated heterocycles. The van der Waals surface area contributed by atoms with E-state index in [1.54, 1.807) is 0 Å². The highest BCUT2D eigenvalue weighted by atomic mass is 32.1. The number of benzene rings is 1. The molecular weight excluding hydrogens is 252 g/mol. The summed E-state index contributed by atoms with van der Waals surface area (Å²) in [6, 6.07) is 6.42. The van der Waals surface area contributed by atoms with Gasteiger partial charge in [0, 0.05) is 12.2 Å². The average molecular weight is 276 g/mol. The van der Waals surface area contributed by atoms with Crippen molar-refractivity contribution in [1.82, 2.24) is 5.32 Å². The van der Waals surface area contributed by atoms with E-state index in [2.05, 4.69) is 42.7 Å². The summed E-state index contributed by atoms with van der Waals surface area (Å²) < 4.78 is 0. The lowest BCUT2D eigenvalue weighted by molar-refractivity contribution is 0.357. The number of hydrogen-bond donors (Lipinski definition) is 2. The van der Waals surface area contributed by atoms with Gasteiger partial charge in [0.05, 0.1) is 0 Å². The van der Waals surface area contributed by atoms with E-state index in [1.165, 1.54) is 43.2 Å². The molecule has 0 spiro atoms. The lowest BCUT2D eigenvalue weighted by atomic mass is 9.89. The molecule has 0 radical (unpaired) electrons. The molecule has 2 nitrogen and oxygen atoms in total. The van der Waals surface area contributed by atoms with Gasteiger partial charge >= 0.3 is 0 Å². The van der Waals surface area contributed by atoms with Crippen LogP contribution >= 0.6 is 12.2 Å². The Labute approximate surface area is 122 Å². The van der Waals surface area contributed by atoms with Crippen LogP contribution in [0.4, 0.5) is 5.69 Å². The topological polar surface area (TPSA) is 24.1 Å². The summed E-state index contributed by atoms with van der Waals surface area (Å²) in [6.45, 7) is 5.23. The average Bonchev–Trinajstić information content (AvgIpc) is 2.36. The van der Waals surface area contributed by atoms with Crippen molar-refractivity contribution in [2.24, 2.45) is 5.92 Å². The van der Waals surface area contributed by atoms with Gasteiger partial charge in [0.1, 0.15) is 0 Å². The standard InChI is InChI=1S/C16H24N2S/c1-12-8-13(2)10-15(9-12)18-16(19)17-11-14-6-4-3-5-7-14/h8-10,14H,3-7,11H2,1-2H3,(H2,17,18,19). The molecule has 0 aromatic heterocycles. The van der Waals surface area contributed by atoms with Crippen molar-refractivity contribution in [1.29, 1.82) is 0 Å². The zero-order valence-electron chi connectivity index (χ0n) is 12.0. The van der Waals surface area contributed by atoms with Crippen LogP contribution in [0.15, 0.2) is 18.2 Å². The molecule has 0 unspecified atom stereocenters. The Hall–Kier alpha value is -1.09. The largest absolute Gasteiger partial charge is 0.362 e. The van der Waals surface area contributed by atoms with Crippen LogP contribution in [0.5, 0.6) is 0 Å². The quantitative estimate of drug-likeness (QED) is 0.810. The van der Waals surface area contributed by atoms with Crippen molar-refractivity contribution in [2.75, 3.05) is 11.9 Å². The van der Waals surface area contributed by atoms with Gasteiger partial charge < -0.3 is 10.6 Å². The monoisotopic (exact) mass is 276 g/mol. The minimum atomic E-state index is 0.746. The Morgan fingerprint density at radius 1 is 1.11 bits per heavy atom. The Morgan fingerprint density at radius 3 is 2.37 bits per heavy atom. The fourth-order valence-electron chi connectivity index (χ4n) is 2.85. The normalized spacial score (nSPS) is 16.1. The van der Waals surface area contributed by atoms with Gasteiger partial charge in [0.15, 0.2) is 5.11 Å². The second-order valence-electron chi connectivity index (χ2n) is 5.72. The van der Waals surface area contributed by atoms with Crippen LogP contribution in [-0.4, -0.2) is 11.7 Å². The first-order valence-electron chi connectivity index (χ1n) is 7.26. The SMILES string of the molecule is Cc1cc(C)cc(NC(=S)NCC2CCCCC2)c1. The first-order chi connectivity index (χ1) is 9.13. The van der Waals surface area contributed by atoms with Gasteiger partial charge in [-0.05, 0) is 68.1 Å². The van der Waals surface area contributed by atoms with Crippen LogP contribution in [-0.2, 0) is 0 Å². The minimum absolute atomic E-state index is 0.746. The zero-order valence-corrected chi connectivity index (χ0v) is 12.8. The minimum Gasteiger partial charge on any atom is -0.362 e. The van der Waals surface area contributed by atoms with Gasteiger partial charge in [0.2, 0.25) is 0 Å². The van der Waals surface area contributed by atoms with Crippen molar-refractivity contribution in [3.05, 3.63) is 29.3 Å². The van der Waals surface area contributed by atoms with E-state index in [0.717, 1.165) is 23.3 Å². The molecular formula is C16H24N2S. The van der Waals surface area contributed by atoms with Crippen molar-refractivity contribution >= 4 is 23.0 Å². The molecule has 0 atom stereocenters.